The highest BCUT2D eigenvalue weighted by atomic mass is 127. The number of halogens is 1. The van der Waals surface area contributed by atoms with E-state index in [0.717, 1.165) is 57.1 Å². The second-order valence-corrected chi connectivity index (χ2v) is 7.99. The van der Waals surface area contributed by atoms with Gasteiger partial charge in [0.25, 0.3) is 0 Å². The van der Waals surface area contributed by atoms with Crippen molar-refractivity contribution in [2.24, 2.45) is 16.8 Å². The van der Waals surface area contributed by atoms with Gasteiger partial charge in [0.2, 0.25) is 0 Å². The lowest BCUT2D eigenvalue weighted by molar-refractivity contribution is 0.188. The Kier molecular flexibility index (Phi) is 12.9. The molecule has 1 unspecified atom stereocenters. The molecular weight excluding hydrogens is 449 g/mol. The topological polar surface area (TPSA) is 34.1 Å². The van der Waals surface area contributed by atoms with E-state index in [2.05, 4.69) is 47.7 Å². The molecule has 0 saturated carbocycles. The minimum atomic E-state index is 0. The number of nitrogens with zero attached hydrogens (tertiary/aromatic N) is 4. The average Bonchev–Trinajstić information content (AvgIpc) is 3.14. The van der Waals surface area contributed by atoms with Crippen molar-refractivity contribution in [2.45, 2.75) is 53.4 Å². The standard InChI is InChI=1S/C21H43N5.HI/c1-5-22-21(23-13-9-19-10-14-25(8-4)15-11-19)26-16-12-20(18-26)17-24(6-2)7-3;/h19-20H,5-18H2,1-4H3,(H,22,23);1H. The van der Waals surface area contributed by atoms with Gasteiger partial charge >= 0.3 is 0 Å². The zero-order chi connectivity index (χ0) is 18.8. The number of likely N-dealkylation sites (tertiary alicyclic amines) is 2. The van der Waals surface area contributed by atoms with E-state index in [4.69, 9.17) is 4.99 Å². The van der Waals surface area contributed by atoms with Crippen LogP contribution in [0.4, 0.5) is 0 Å². The molecule has 0 radical (unpaired) electrons. The molecule has 5 nitrogen and oxygen atoms in total. The Balaban J connectivity index is 0.00000364. The summed E-state index contributed by atoms with van der Waals surface area (Å²) in [5.74, 6) is 2.82. The summed E-state index contributed by atoms with van der Waals surface area (Å²) >= 11 is 0. The second-order valence-electron chi connectivity index (χ2n) is 7.99. The summed E-state index contributed by atoms with van der Waals surface area (Å²) in [6.07, 6.45) is 5.27. The maximum atomic E-state index is 4.99. The van der Waals surface area contributed by atoms with Crippen LogP contribution < -0.4 is 5.32 Å². The van der Waals surface area contributed by atoms with E-state index in [-0.39, 0.29) is 24.0 Å². The maximum Gasteiger partial charge on any atom is 0.193 e. The highest BCUT2D eigenvalue weighted by Crippen LogP contribution is 2.21. The Labute approximate surface area is 185 Å². The first kappa shape index (κ1) is 25.0. The fraction of sp³-hybridized carbons (Fsp3) is 0.952. The van der Waals surface area contributed by atoms with Crippen LogP contribution in [0.5, 0.6) is 0 Å². The number of hydrogen-bond acceptors (Lipinski definition) is 3. The van der Waals surface area contributed by atoms with Crippen molar-refractivity contribution < 1.29 is 0 Å². The molecule has 0 aromatic carbocycles. The van der Waals surface area contributed by atoms with E-state index in [0.29, 0.717) is 0 Å². The first-order chi connectivity index (χ1) is 12.7. The van der Waals surface area contributed by atoms with Gasteiger partial charge in [-0.2, -0.15) is 0 Å². The van der Waals surface area contributed by atoms with Crippen molar-refractivity contribution >= 4 is 29.9 Å². The van der Waals surface area contributed by atoms with Gasteiger partial charge < -0.3 is 20.0 Å². The van der Waals surface area contributed by atoms with Crippen molar-refractivity contribution in [1.82, 2.24) is 20.0 Å². The molecule has 6 heteroatoms. The molecule has 1 N–H and O–H groups in total. The quantitative estimate of drug-likeness (QED) is 0.304. The first-order valence-electron chi connectivity index (χ1n) is 11.2. The lowest BCUT2D eigenvalue weighted by Crippen LogP contribution is -2.41. The summed E-state index contributed by atoms with van der Waals surface area (Å²) in [4.78, 5) is 12.6. The van der Waals surface area contributed by atoms with Gasteiger partial charge in [0, 0.05) is 32.7 Å². The zero-order valence-electron chi connectivity index (χ0n) is 18.3. The van der Waals surface area contributed by atoms with Crippen LogP contribution in [-0.2, 0) is 0 Å². The minimum Gasteiger partial charge on any atom is -0.357 e. The Hall–Kier alpha value is -0.0800. The van der Waals surface area contributed by atoms with Gasteiger partial charge in [0.15, 0.2) is 5.96 Å². The molecule has 2 heterocycles. The summed E-state index contributed by atoms with van der Waals surface area (Å²) in [7, 11) is 0. The predicted octanol–water partition coefficient (Wildman–Crippen LogP) is 3.36. The van der Waals surface area contributed by atoms with Crippen LogP contribution in [-0.4, -0.2) is 86.1 Å². The third-order valence-electron chi connectivity index (χ3n) is 6.28. The number of hydrogen-bond donors (Lipinski definition) is 1. The first-order valence-corrected chi connectivity index (χ1v) is 11.2. The SMILES string of the molecule is CCNC(=NCCC1CCN(CC)CC1)N1CCC(CN(CC)CC)C1.I. The van der Waals surface area contributed by atoms with Crippen LogP contribution in [0, 0.1) is 11.8 Å². The van der Waals surface area contributed by atoms with Crippen LogP contribution in [0.1, 0.15) is 53.4 Å². The molecular formula is C21H44IN5. The molecule has 0 aromatic rings. The van der Waals surface area contributed by atoms with E-state index in [1.54, 1.807) is 0 Å². The van der Waals surface area contributed by atoms with Gasteiger partial charge in [-0.3, -0.25) is 4.99 Å². The molecule has 2 saturated heterocycles. The molecule has 2 rings (SSSR count). The van der Waals surface area contributed by atoms with Crippen LogP contribution in [0.15, 0.2) is 4.99 Å². The lowest BCUT2D eigenvalue weighted by atomic mass is 9.94. The normalized spacial score (nSPS) is 22.3. The van der Waals surface area contributed by atoms with E-state index in [1.165, 1.54) is 51.9 Å². The molecule has 2 aliphatic rings. The Morgan fingerprint density at radius 1 is 1.00 bits per heavy atom. The second kappa shape index (κ2) is 14.0. The molecule has 2 fully saturated rings. The van der Waals surface area contributed by atoms with E-state index in [9.17, 15) is 0 Å². The van der Waals surface area contributed by atoms with Crippen LogP contribution in [0.25, 0.3) is 0 Å². The van der Waals surface area contributed by atoms with Crippen LogP contribution in [0.3, 0.4) is 0 Å². The third kappa shape index (κ3) is 8.44. The smallest absolute Gasteiger partial charge is 0.193 e. The fourth-order valence-electron chi connectivity index (χ4n) is 4.39. The van der Waals surface area contributed by atoms with E-state index in [1.807, 2.05) is 0 Å². The molecule has 0 bridgehead atoms. The van der Waals surface area contributed by atoms with Gasteiger partial charge in [-0.05, 0) is 77.2 Å². The number of rotatable bonds is 9. The van der Waals surface area contributed by atoms with Crippen LogP contribution in [0.2, 0.25) is 0 Å². The summed E-state index contributed by atoms with van der Waals surface area (Å²) in [5.41, 5.74) is 0. The summed E-state index contributed by atoms with van der Waals surface area (Å²) in [6.45, 7) is 20.6. The molecule has 2 aliphatic heterocycles. The minimum absolute atomic E-state index is 0. The summed E-state index contributed by atoms with van der Waals surface area (Å²) < 4.78 is 0. The van der Waals surface area contributed by atoms with E-state index >= 15 is 0 Å². The van der Waals surface area contributed by atoms with Crippen molar-refractivity contribution in [1.29, 1.82) is 0 Å². The number of nitrogens with one attached hydrogen (secondary N) is 1. The van der Waals surface area contributed by atoms with Gasteiger partial charge in [0.05, 0.1) is 0 Å². The van der Waals surface area contributed by atoms with Gasteiger partial charge in [-0.15, -0.1) is 24.0 Å². The van der Waals surface area contributed by atoms with Crippen LogP contribution >= 0.6 is 24.0 Å². The number of guanidine groups is 1. The molecule has 0 spiro atoms. The highest BCUT2D eigenvalue weighted by Gasteiger charge is 2.26. The molecule has 0 aliphatic carbocycles. The molecule has 27 heavy (non-hydrogen) atoms. The Bertz CT molecular complexity index is 405. The fourth-order valence-corrected chi connectivity index (χ4v) is 4.39. The van der Waals surface area contributed by atoms with Crippen molar-refractivity contribution in [3.63, 3.8) is 0 Å². The maximum absolute atomic E-state index is 4.99. The van der Waals surface area contributed by atoms with E-state index < -0.39 is 0 Å². The van der Waals surface area contributed by atoms with Gasteiger partial charge in [0.1, 0.15) is 0 Å². The molecule has 1 atom stereocenters. The van der Waals surface area contributed by atoms with Crippen molar-refractivity contribution in [2.75, 3.05) is 65.4 Å². The number of piperidine rings is 1. The summed E-state index contributed by atoms with van der Waals surface area (Å²) in [6, 6.07) is 0. The number of aliphatic imine (C=N–C) groups is 1. The average molecular weight is 494 g/mol. The highest BCUT2D eigenvalue weighted by molar-refractivity contribution is 14.0. The monoisotopic (exact) mass is 493 g/mol. The van der Waals surface area contributed by atoms with Gasteiger partial charge in [-0.1, -0.05) is 20.8 Å². The Morgan fingerprint density at radius 2 is 1.67 bits per heavy atom. The molecule has 160 valence electrons. The molecule has 0 aromatic heterocycles. The largest absolute Gasteiger partial charge is 0.357 e. The lowest BCUT2D eigenvalue weighted by Gasteiger charge is -2.30. The predicted molar refractivity (Wildman–Crippen MR) is 128 cm³/mol. The van der Waals surface area contributed by atoms with Gasteiger partial charge in [-0.25, -0.2) is 0 Å². The van der Waals surface area contributed by atoms with Crippen molar-refractivity contribution in [3.8, 4) is 0 Å². The molecule has 0 amide bonds. The zero-order valence-corrected chi connectivity index (χ0v) is 20.6. The third-order valence-corrected chi connectivity index (χ3v) is 6.28. The summed E-state index contributed by atoms with van der Waals surface area (Å²) in [5, 5.41) is 3.53. The van der Waals surface area contributed by atoms with Crippen molar-refractivity contribution in [3.05, 3.63) is 0 Å². The Morgan fingerprint density at radius 3 is 2.26 bits per heavy atom.